The minimum Gasteiger partial charge on any atom is -0.462 e. The number of ether oxygens (including phenoxy) is 2. The maximum atomic E-state index is 13.0. The molecule has 0 aliphatic carbocycles. The molecule has 1 aromatic carbocycles. The fourth-order valence-corrected chi connectivity index (χ4v) is 1.80. The fourth-order valence-electron chi connectivity index (χ4n) is 1.80. The molecule has 1 aromatic rings. The van der Waals surface area contributed by atoms with Crippen LogP contribution in [0.1, 0.15) is 25.3 Å². The Balaban J connectivity index is 2.14. The van der Waals surface area contributed by atoms with E-state index < -0.39 is 5.79 Å². The lowest BCUT2D eigenvalue weighted by atomic mass is 10.1. The van der Waals surface area contributed by atoms with Crippen LogP contribution in [-0.4, -0.2) is 12.3 Å². The van der Waals surface area contributed by atoms with E-state index in [0.29, 0.717) is 18.9 Å². The maximum absolute atomic E-state index is 13.0. The minimum atomic E-state index is -0.635. The van der Waals surface area contributed by atoms with E-state index in [9.17, 15) is 4.39 Å². The Kier molecular flexibility index (Phi) is 3.12. The predicted molar refractivity (Wildman–Crippen MR) is 58.5 cm³/mol. The molecule has 16 heavy (non-hydrogen) atoms. The second-order valence-corrected chi connectivity index (χ2v) is 4.17. The number of fused-ring (bicyclic) bond motifs is 1. The van der Waals surface area contributed by atoms with Crippen molar-refractivity contribution in [2.45, 2.75) is 32.2 Å². The molecule has 4 heteroatoms. The van der Waals surface area contributed by atoms with Gasteiger partial charge in [-0.2, -0.15) is 0 Å². The lowest BCUT2D eigenvalue weighted by molar-refractivity contribution is -0.197. The molecular formula is C12H16FNO2. The van der Waals surface area contributed by atoms with Crippen molar-refractivity contribution in [3.05, 3.63) is 29.6 Å². The van der Waals surface area contributed by atoms with E-state index in [1.54, 1.807) is 6.07 Å². The van der Waals surface area contributed by atoms with Crippen molar-refractivity contribution in [2.24, 2.45) is 5.73 Å². The second kappa shape index (κ2) is 4.39. The summed E-state index contributed by atoms with van der Waals surface area (Å²) >= 11 is 0. The van der Waals surface area contributed by atoms with E-state index in [1.165, 1.54) is 12.1 Å². The molecule has 0 radical (unpaired) electrons. The van der Waals surface area contributed by atoms with Gasteiger partial charge in [-0.25, -0.2) is 4.39 Å². The first-order valence-electron chi connectivity index (χ1n) is 5.44. The van der Waals surface area contributed by atoms with Crippen molar-refractivity contribution in [3.63, 3.8) is 0 Å². The monoisotopic (exact) mass is 225 g/mol. The molecule has 0 fully saturated rings. The average molecular weight is 225 g/mol. The summed E-state index contributed by atoms with van der Waals surface area (Å²) < 4.78 is 24.3. The molecule has 1 aliphatic rings. The van der Waals surface area contributed by atoms with Crippen molar-refractivity contribution >= 4 is 0 Å². The summed E-state index contributed by atoms with van der Waals surface area (Å²) in [6, 6.07) is 4.49. The van der Waals surface area contributed by atoms with E-state index in [1.807, 2.05) is 6.92 Å². The molecule has 1 unspecified atom stereocenters. The number of nitrogens with two attached hydrogens (primary N) is 1. The Morgan fingerprint density at radius 3 is 3.06 bits per heavy atom. The molecule has 3 nitrogen and oxygen atoms in total. The number of halogens is 1. The van der Waals surface area contributed by atoms with Gasteiger partial charge >= 0.3 is 0 Å². The SMILES string of the molecule is CC1(CCCN)OCc2cc(F)ccc2O1. The van der Waals surface area contributed by atoms with E-state index >= 15 is 0 Å². The predicted octanol–water partition coefficient (Wildman–Crippen LogP) is 2.19. The van der Waals surface area contributed by atoms with Crippen molar-refractivity contribution in [1.29, 1.82) is 0 Å². The van der Waals surface area contributed by atoms with Gasteiger partial charge in [-0.3, -0.25) is 0 Å². The van der Waals surface area contributed by atoms with Crippen molar-refractivity contribution < 1.29 is 13.9 Å². The van der Waals surface area contributed by atoms with Crippen molar-refractivity contribution in [3.8, 4) is 5.75 Å². The first-order valence-corrected chi connectivity index (χ1v) is 5.44. The first-order chi connectivity index (χ1) is 7.63. The summed E-state index contributed by atoms with van der Waals surface area (Å²) in [5.41, 5.74) is 6.21. The highest BCUT2D eigenvalue weighted by Crippen LogP contribution is 2.33. The van der Waals surface area contributed by atoms with E-state index in [2.05, 4.69) is 0 Å². The van der Waals surface area contributed by atoms with Gasteiger partial charge < -0.3 is 15.2 Å². The van der Waals surface area contributed by atoms with Crippen LogP contribution in [0.4, 0.5) is 4.39 Å². The Bertz CT molecular complexity index is 383. The molecule has 1 atom stereocenters. The zero-order valence-corrected chi connectivity index (χ0v) is 9.33. The van der Waals surface area contributed by atoms with Gasteiger partial charge in [-0.1, -0.05) is 0 Å². The molecule has 1 aliphatic heterocycles. The average Bonchev–Trinajstić information content (AvgIpc) is 2.27. The zero-order valence-electron chi connectivity index (χ0n) is 9.33. The van der Waals surface area contributed by atoms with E-state index in [0.717, 1.165) is 18.4 Å². The lowest BCUT2D eigenvalue weighted by Crippen LogP contribution is -2.39. The summed E-state index contributed by atoms with van der Waals surface area (Å²) in [5, 5.41) is 0. The Hall–Kier alpha value is -1.13. The van der Waals surface area contributed by atoms with Crippen LogP contribution in [0.2, 0.25) is 0 Å². The molecule has 0 bridgehead atoms. The van der Waals surface area contributed by atoms with Crippen LogP contribution in [0.15, 0.2) is 18.2 Å². The Labute approximate surface area is 94.3 Å². The third-order valence-corrected chi connectivity index (χ3v) is 2.72. The molecular weight excluding hydrogens is 209 g/mol. The smallest absolute Gasteiger partial charge is 0.208 e. The van der Waals surface area contributed by atoms with Crippen LogP contribution >= 0.6 is 0 Å². The van der Waals surface area contributed by atoms with Gasteiger partial charge in [0.15, 0.2) is 0 Å². The van der Waals surface area contributed by atoms with Gasteiger partial charge in [0.1, 0.15) is 11.6 Å². The molecule has 0 saturated carbocycles. The molecule has 88 valence electrons. The molecule has 0 spiro atoms. The van der Waals surface area contributed by atoms with Crippen molar-refractivity contribution in [1.82, 2.24) is 0 Å². The van der Waals surface area contributed by atoms with Gasteiger partial charge in [0.05, 0.1) is 6.61 Å². The van der Waals surface area contributed by atoms with Crippen LogP contribution < -0.4 is 10.5 Å². The highest BCUT2D eigenvalue weighted by molar-refractivity contribution is 5.34. The topological polar surface area (TPSA) is 44.5 Å². The first kappa shape index (κ1) is 11.4. The third kappa shape index (κ3) is 2.33. The third-order valence-electron chi connectivity index (χ3n) is 2.72. The highest BCUT2D eigenvalue weighted by atomic mass is 19.1. The number of benzene rings is 1. The molecule has 2 N–H and O–H groups in total. The Morgan fingerprint density at radius 2 is 2.31 bits per heavy atom. The standard InChI is InChI=1S/C12H16FNO2/c1-12(5-2-6-14)15-8-9-7-10(13)3-4-11(9)16-12/h3-4,7H,2,5-6,8,14H2,1H3. The Morgan fingerprint density at radius 1 is 1.50 bits per heavy atom. The molecule has 0 aromatic heterocycles. The van der Waals surface area contributed by atoms with Crippen LogP contribution in [-0.2, 0) is 11.3 Å². The van der Waals surface area contributed by atoms with Crippen molar-refractivity contribution in [2.75, 3.05) is 6.54 Å². The number of hydrogen-bond acceptors (Lipinski definition) is 3. The molecule has 2 rings (SSSR count). The highest BCUT2D eigenvalue weighted by Gasteiger charge is 2.31. The molecule has 0 saturated heterocycles. The van der Waals surface area contributed by atoms with E-state index in [4.69, 9.17) is 15.2 Å². The van der Waals surface area contributed by atoms with Crippen LogP contribution in [0, 0.1) is 5.82 Å². The van der Waals surface area contributed by atoms with E-state index in [-0.39, 0.29) is 5.82 Å². The number of rotatable bonds is 3. The van der Waals surface area contributed by atoms with Gasteiger partial charge in [0, 0.05) is 18.9 Å². The van der Waals surface area contributed by atoms with Gasteiger partial charge in [-0.05, 0) is 31.2 Å². The van der Waals surface area contributed by atoms with Crippen LogP contribution in [0.3, 0.4) is 0 Å². The summed E-state index contributed by atoms with van der Waals surface area (Å²) in [6.45, 7) is 2.88. The van der Waals surface area contributed by atoms with Crippen LogP contribution in [0.5, 0.6) is 5.75 Å². The summed E-state index contributed by atoms with van der Waals surface area (Å²) in [6.07, 6.45) is 1.58. The van der Waals surface area contributed by atoms with Gasteiger partial charge in [0.2, 0.25) is 5.79 Å². The molecule has 1 heterocycles. The summed E-state index contributed by atoms with van der Waals surface area (Å²) in [4.78, 5) is 0. The quantitative estimate of drug-likeness (QED) is 0.857. The molecule has 0 amide bonds. The minimum absolute atomic E-state index is 0.267. The maximum Gasteiger partial charge on any atom is 0.208 e. The zero-order chi connectivity index (χ0) is 11.6. The normalized spacial score (nSPS) is 23.7. The largest absolute Gasteiger partial charge is 0.462 e. The number of hydrogen-bond donors (Lipinski definition) is 1. The lowest BCUT2D eigenvalue weighted by Gasteiger charge is -2.35. The van der Waals surface area contributed by atoms with Gasteiger partial charge in [0.25, 0.3) is 0 Å². The summed E-state index contributed by atoms with van der Waals surface area (Å²) in [7, 11) is 0. The van der Waals surface area contributed by atoms with Gasteiger partial charge in [-0.15, -0.1) is 0 Å². The fraction of sp³-hybridized carbons (Fsp3) is 0.500. The summed E-state index contributed by atoms with van der Waals surface area (Å²) in [5.74, 6) is -0.201. The second-order valence-electron chi connectivity index (χ2n) is 4.17. The van der Waals surface area contributed by atoms with Crippen LogP contribution in [0.25, 0.3) is 0 Å².